The Bertz CT molecular complexity index is 1100. The van der Waals surface area contributed by atoms with Crippen LogP contribution < -0.4 is 4.74 Å². The molecular weight excluding hydrogens is 362 g/mol. The number of nitrogens with zero attached hydrogens (tertiary/aromatic N) is 3. The zero-order valence-electron chi connectivity index (χ0n) is 16.4. The van der Waals surface area contributed by atoms with E-state index in [1.165, 1.54) is 0 Å². The minimum Gasteiger partial charge on any atom is -0.444 e. The van der Waals surface area contributed by atoms with Crippen molar-refractivity contribution in [3.63, 3.8) is 0 Å². The Labute approximate surface area is 170 Å². The zero-order chi connectivity index (χ0) is 20.1. The van der Waals surface area contributed by atoms with Gasteiger partial charge in [-0.2, -0.15) is 10.4 Å². The fourth-order valence-corrected chi connectivity index (χ4v) is 4.99. The molecule has 0 saturated heterocycles. The number of aryl methyl sites for hydroxylation is 1. The lowest BCUT2D eigenvalue weighted by Crippen LogP contribution is -2.61. The maximum atomic E-state index is 11.8. The van der Waals surface area contributed by atoms with Crippen molar-refractivity contribution in [3.05, 3.63) is 77.0 Å². The highest BCUT2D eigenvalue weighted by Gasteiger charge is 2.59. The summed E-state index contributed by atoms with van der Waals surface area (Å²) in [5.74, 6) is -0.653. The normalized spacial score (nSPS) is 25.4. The van der Waals surface area contributed by atoms with Crippen LogP contribution in [0.25, 0.3) is 5.69 Å². The van der Waals surface area contributed by atoms with E-state index in [0.29, 0.717) is 24.3 Å². The van der Waals surface area contributed by atoms with Gasteiger partial charge in [0.05, 0.1) is 28.4 Å². The second-order valence-corrected chi connectivity index (χ2v) is 8.16. The van der Waals surface area contributed by atoms with Crippen molar-refractivity contribution in [2.24, 2.45) is 0 Å². The molecule has 5 rings (SSSR count). The molecule has 3 aromatic rings. The average molecular weight is 385 g/mol. The summed E-state index contributed by atoms with van der Waals surface area (Å²) in [6, 6.07) is 19.7. The van der Waals surface area contributed by atoms with Gasteiger partial charge in [-0.25, -0.2) is 4.68 Å². The summed E-state index contributed by atoms with van der Waals surface area (Å²) in [5, 5.41) is 25.6. The number of nitriles is 1. The van der Waals surface area contributed by atoms with Gasteiger partial charge in [-0.3, -0.25) is 0 Å². The van der Waals surface area contributed by atoms with Gasteiger partial charge in [0.1, 0.15) is 0 Å². The summed E-state index contributed by atoms with van der Waals surface area (Å²) in [7, 11) is 0. The van der Waals surface area contributed by atoms with E-state index in [-0.39, 0.29) is 0 Å². The van der Waals surface area contributed by atoms with Crippen LogP contribution in [-0.4, -0.2) is 20.7 Å². The van der Waals surface area contributed by atoms with Gasteiger partial charge in [-0.15, -0.1) is 0 Å². The summed E-state index contributed by atoms with van der Waals surface area (Å²) in [5.41, 5.74) is 4.03. The lowest BCUT2D eigenvalue weighted by Gasteiger charge is -2.52. The SMILES string of the molecule is Cc1nn(-c2ccc(C#N)cc2)c2c1C[C@@]1(c3ccccc3)CCCC[C@]1(O)O2. The highest BCUT2D eigenvalue weighted by atomic mass is 16.6. The number of aliphatic hydroxyl groups is 1. The molecule has 5 nitrogen and oxygen atoms in total. The average Bonchev–Trinajstić information content (AvgIpc) is 3.07. The Balaban J connectivity index is 1.66. The molecule has 0 unspecified atom stereocenters. The van der Waals surface area contributed by atoms with Gasteiger partial charge in [0.2, 0.25) is 11.7 Å². The van der Waals surface area contributed by atoms with E-state index in [2.05, 4.69) is 18.2 Å². The van der Waals surface area contributed by atoms with Gasteiger partial charge >= 0.3 is 0 Å². The van der Waals surface area contributed by atoms with E-state index >= 15 is 0 Å². The molecule has 1 aliphatic carbocycles. The van der Waals surface area contributed by atoms with Gasteiger partial charge in [-0.05, 0) is 56.0 Å². The molecule has 146 valence electrons. The molecule has 0 amide bonds. The Morgan fingerprint density at radius 1 is 1.07 bits per heavy atom. The smallest absolute Gasteiger partial charge is 0.222 e. The van der Waals surface area contributed by atoms with Crippen LogP contribution in [0.1, 0.15) is 48.1 Å². The number of ether oxygens (including phenoxy) is 1. The van der Waals surface area contributed by atoms with E-state index in [0.717, 1.165) is 41.8 Å². The number of fused-ring (bicyclic) bond motifs is 2. The van der Waals surface area contributed by atoms with Crippen LogP contribution in [0, 0.1) is 18.3 Å². The fourth-order valence-electron chi connectivity index (χ4n) is 4.99. The molecule has 0 spiro atoms. The predicted molar refractivity (Wildman–Crippen MR) is 109 cm³/mol. The second kappa shape index (κ2) is 6.47. The van der Waals surface area contributed by atoms with Crippen molar-refractivity contribution in [1.29, 1.82) is 5.26 Å². The zero-order valence-corrected chi connectivity index (χ0v) is 16.4. The molecule has 1 fully saturated rings. The maximum absolute atomic E-state index is 11.8. The molecule has 0 radical (unpaired) electrons. The number of rotatable bonds is 2. The molecule has 2 aromatic carbocycles. The molecule has 29 heavy (non-hydrogen) atoms. The Morgan fingerprint density at radius 3 is 2.52 bits per heavy atom. The lowest BCUT2D eigenvalue weighted by atomic mass is 9.61. The van der Waals surface area contributed by atoms with Crippen LogP contribution >= 0.6 is 0 Å². The quantitative estimate of drug-likeness (QED) is 0.718. The Kier molecular flexibility index (Phi) is 4.01. The third-order valence-corrected chi connectivity index (χ3v) is 6.57. The third-order valence-electron chi connectivity index (χ3n) is 6.57. The van der Waals surface area contributed by atoms with E-state index in [4.69, 9.17) is 15.1 Å². The van der Waals surface area contributed by atoms with Crippen LogP contribution in [0.3, 0.4) is 0 Å². The molecular formula is C24H23N3O2. The van der Waals surface area contributed by atoms with Crippen molar-refractivity contribution >= 4 is 0 Å². The van der Waals surface area contributed by atoms with Gasteiger partial charge in [0.15, 0.2) is 0 Å². The van der Waals surface area contributed by atoms with Gasteiger partial charge < -0.3 is 9.84 Å². The van der Waals surface area contributed by atoms with Crippen LogP contribution in [-0.2, 0) is 11.8 Å². The van der Waals surface area contributed by atoms with Gasteiger partial charge in [-0.1, -0.05) is 36.8 Å². The standard InChI is InChI=1S/C24H23N3O2/c1-17-21-15-23(19-7-3-2-4-8-19)13-5-6-14-24(23,28)29-22(21)27(26-17)20-11-9-18(16-25)10-12-20/h2-4,7-12,28H,5-6,13-15H2,1H3/t23-,24+/m1/s1. The molecule has 5 heteroatoms. The van der Waals surface area contributed by atoms with Gasteiger partial charge in [0, 0.05) is 12.0 Å². The van der Waals surface area contributed by atoms with Crippen LogP contribution in [0.4, 0.5) is 0 Å². The first-order chi connectivity index (χ1) is 14.1. The van der Waals surface area contributed by atoms with Crippen molar-refractivity contribution in [2.45, 2.75) is 50.2 Å². The fraction of sp³-hybridized carbons (Fsp3) is 0.333. The Morgan fingerprint density at radius 2 is 1.79 bits per heavy atom. The topological polar surface area (TPSA) is 71.1 Å². The highest BCUT2D eigenvalue weighted by molar-refractivity contribution is 5.48. The first kappa shape index (κ1) is 18.0. The Hall–Kier alpha value is -3.10. The molecule has 0 bridgehead atoms. The molecule has 1 aromatic heterocycles. The monoisotopic (exact) mass is 385 g/mol. The number of benzene rings is 2. The van der Waals surface area contributed by atoms with Crippen LogP contribution in [0.5, 0.6) is 5.88 Å². The molecule has 1 N–H and O–H groups in total. The minimum absolute atomic E-state index is 0.469. The summed E-state index contributed by atoms with van der Waals surface area (Å²) >= 11 is 0. The van der Waals surface area contributed by atoms with E-state index in [9.17, 15) is 5.11 Å². The maximum Gasteiger partial charge on any atom is 0.222 e. The van der Waals surface area contributed by atoms with Crippen LogP contribution in [0.15, 0.2) is 54.6 Å². The van der Waals surface area contributed by atoms with E-state index in [1.54, 1.807) is 16.8 Å². The van der Waals surface area contributed by atoms with E-state index < -0.39 is 11.2 Å². The molecule has 2 aliphatic rings. The first-order valence-corrected chi connectivity index (χ1v) is 10.1. The molecule has 2 atom stereocenters. The van der Waals surface area contributed by atoms with Crippen LogP contribution in [0.2, 0.25) is 0 Å². The van der Waals surface area contributed by atoms with Crippen molar-refractivity contribution in [3.8, 4) is 17.6 Å². The second-order valence-electron chi connectivity index (χ2n) is 8.16. The molecule has 2 heterocycles. The van der Waals surface area contributed by atoms with Crippen molar-refractivity contribution < 1.29 is 9.84 Å². The minimum atomic E-state index is -1.27. The highest BCUT2D eigenvalue weighted by Crippen LogP contribution is 2.54. The first-order valence-electron chi connectivity index (χ1n) is 10.1. The third kappa shape index (κ3) is 2.60. The summed E-state index contributed by atoms with van der Waals surface area (Å²) in [6.45, 7) is 1.99. The number of aromatic nitrogens is 2. The summed E-state index contributed by atoms with van der Waals surface area (Å²) in [4.78, 5) is 0. The predicted octanol–water partition coefficient (Wildman–Crippen LogP) is 4.19. The largest absolute Gasteiger partial charge is 0.444 e. The number of hydrogen-bond acceptors (Lipinski definition) is 4. The summed E-state index contributed by atoms with van der Waals surface area (Å²) < 4.78 is 8.19. The molecule has 1 aliphatic heterocycles. The summed E-state index contributed by atoms with van der Waals surface area (Å²) in [6.07, 6.45) is 4.18. The molecule has 1 saturated carbocycles. The van der Waals surface area contributed by atoms with Crippen molar-refractivity contribution in [2.75, 3.05) is 0 Å². The number of hydrogen-bond donors (Lipinski definition) is 1. The van der Waals surface area contributed by atoms with Crippen molar-refractivity contribution in [1.82, 2.24) is 9.78 Å². The van der Waals surface area contributed by atoms with Gasteiger partial charge in [0.25, 0.3) is 0 Å². The van der Waals surface area contributed by atoms with E-state index in [1.807, 2.05) is 37.3 Å². The lowest BCUT2D eigenvalue weighted by molar-refractivity contribution is -0.222.